The molecule has 4 nitrogen and oxygen atoms in total. The van der Waals surface area contributed by atoms with Gasteiger partial charge < -0.3 is 15.3 Å². The molecule has 15 heavy (non-hydrogen) atoms. The topological polar surface area (TPSA) is 72.3 Å². The first-order chi connectivity index (χ1) is 7.22. The van der Waals surface area contributed by atoms with Crippen molar-refractivity contribution in [3.05, 3.63) is 30.2 Å². The van der Waals surface area contributed by atoms with Crippen LogP contribution in [0.25, 0.3) is 11.1 Å². The summed E-state index contributed by atoms with van der Waals surface area (Å²) in [5, 5.41) is 9.81. The lowest BCUT2D eigenvalue weighted by molar-refractivity contribution is 0.116. The van der Waals surface area contributed by atoms with Crippen LogP contribution in [0.2, 0.25) is 0 Å². The van der Waals surface area contributed by atoms with E-state index < -0.39 is 6.10 Å². The van der Waals surface area contributed by atoms with Gasteiger partial charge in [0.25, 0.3) is 0 Å². The number of rotatable bonds is 3. The van der Waals surface area contributed by atoms with Gasteiger partial charge in [-0.2, -0.15) is 0 Å². The summed E-state index contributed by atoms with van der Waals surface area (Å²) in [6.07, 6.45) is -0.151. The number of aromatic nitrogens is 1. The molecule has 0 unspecified atom stereocenters. The van der Waals surface area contributed by atoms with Gasteiger partial charge in [-0.1, -0.05) is 19.1 Å². The van der Waals surface area contributed by atoms with E-state index in [2.05, 4.69) is 4.98 Å². The number of benzene rings is 1. The van der Waals surface area contributed by atoms with E-state index in [0.29, 0.717) is 17.9 Å². The van der Waals surface area contributed by atoms with E-state index in [9.17, 15) is 5.11 Å². The normalized spacial score (nSPS) is 15.4. The molecule has 0 radical (unpaired) electrons. The first-order valence-corrected chi connectivity index (χ1v) is 5.01. The van der Waals surface area contributed by atoms with Crippen molar-refractivity contribution in [1.29, 1.82) is 0 Å². The van der Waals surface area contributed by atoms with Crippen LogP contribution in [0.1, 0.15) is 25.3 Å². The molecule has 0 aliphatic heterocycles. The molecule has 0 saturated carbocycles. The van der Waals surface area contributed by atoms with Gasteiger partial charge >= 0.3 is 0 Å². The number of hydrogen-bond donors (Lipinski definition) is 2. The Balaban J connectivity index is 2.36. The van der Waals surface area contributed by atoms with Crippen LogP contribution >= 0.6 is 0 Å². The van der Waals surface area contributed by atoms with E-state index in [1.54, 1.807) is 0 Å². The second-order valence-corrected chi connectivity index (χ2v) is 3.54. The Bertz CT molecular complexity index is 420. The molecular formula is C11H14N2O2. The Morgan fingerprint density at radius 1 is 1.47 bits per heavy atom. The fraction of sp³-hybridized carbons (Fsp3) is 0.364. The van der Waals surface area contributed by atoms with Gasteiger partial charge in [0.15, 0.2) is 5.58 Å². The lowest BCUT2D eigenvalue weighted by atomic mass is 10.1. The average molecular weight is 206 g/mol. The van der Waals surface area contributed by atoms with Crippen molar-refractivity contribution in [3.63, 3.8) is 0 Å². The number of nitrogens with zero attached hydrogens (tertiary/aromatic N) is 1. The van der Waals surface area contributed by atoms with Crippen molar-refractivity contribution < 1.29 is 9.52 Å². The maximum atomic E-state index is 9.81. The monoisotopic (exact) mass is 206 g/mol. The fourth-order valence-electron chi connectivity index (χ4n) is 1.42. The number of para-hydroxylation sites is 2. The molecule has 1 aromatic heterocycles. The third kappa shape index (κ3) is 1.86. The largest absolute Gasteiger partial charge is 0.438 e. The van der Waals surface area contributed by atoms with Gasteiger partial charge in [0, 0.05) is 6.04 Å². The number of oxazole rings is 1. The van der Waals surface area contributed by atoms with E-state index in [-0.39, 0.29) is 6.04 Å². The summed E-state index contributed by atoms with van der Waals surface area (Å²) in [6, 6.07) is 7.06. The SMILES string of the molecule is CC[C@H](N)[C@H](O)c1nc2ccccc2o1. The maximum absolute atomic E-state index is 9.81. The van der Waals surface area contributed by atoms with Crippen LogP contribution < -0.4 is 5.73 Å². The van der Waals surface area contributed by atoms with Gasteiger partial charge in [-0.25, -0.2) is 4.98 Å². The lowest BCUT2D eigenvalue weighted by Crippen LogP contribution is -2.27. The van der Waals surface area contributed by atoms with E-state index in [1.807, 2.05) is 31.2 Å². The highest BCUT2D eigenvalue weighted by Gasteiger charge is 2.20. The Hall–Kier alpha value is -1.39. The molecule has 0 saturated heterocycles. The second kappa shape index (κ2) is 4.00. The third-order valence-electron chi connectivity index (χ3n) is 2.44. The van der Waals surface area contributed by atoms with Crippen LogP contribution in [-0.2, 0) is 0 Å². The van der Waals surface area contributed by atoms with Crippen LogP contribution in [0, 0.1) is 0 Å². The molecule has 2 rings (SSSR count). The van der Waals surface area contributed by atoms with Crippen molar-refractivity contribution in [3.8, 4) is 0 Å². The predicted molar refractivity (Wildman–Crippen MR) is 57.2 cm³/mol. The summed E-state index contributed by atoms with van der Waals surface area (Å²) in [5.74, 6) is 0.297. The van der Waals surface area contributed by atoms with Gasteiger partial charge in [-0.05, 0) is 18.6 Å². The Kier molecular flexibility index (Phi) is 2.70. The number of aliphatic hydroxyl groups excluding tert-OH is 1. The fourth-order valence-corrected chi connectivity index (χ4v) is 1.42. The number of hydrogen-bond acceptors (Lipinski definition) is 4. The minimum atomic E-state index is -0.831. The molecule has 0 amide bonds. The molecule has 0 bridgehead atoms. The van der Waals surface area contributed by atoms with E-state index >= 15 is 0 Å². The van der Waals surface area contributed by atoms with Crippen LogP contribution in [-0.4, -0.2) is 16.1 Å². The zero-order chi connectivity index (χ0) is 10.8. The van der Waals surface area contributed by atoms with Crippen LogP contribution in [0.3, 0.4) is 0 Å². The molecular weight excluding hydrogens is 192 g/mol. The second-order valence-electron chi connectivity index (χ2n) is 3.54. The first kappa shape index (κ1) is 10.1. The minimum absolute atomic E-state index is 0.297. The highest BCUT2D eigenvalue weighted by molar-refractivity contribution is 5.72. The zero-order valence-electron chi connectivity index (χ0n) is 8.55. The molecule has 0 fully saturated rings. The van der Waals surface area contributed by atoms with Gasteiger partial charge in [-0.3, -0.25) is 0 Å². The summed E-state index contributed by atoms with van der Waals surface area (Å²) >= 11 is 0. The summed E-state index contributed by atoms with van der Waals surface area (Å²) in [4.78, 5) is 4.19. The molecule has 2 atom stereocenters. The third-order valence-corrected chi connectivity index (χ3v) is 2.44. The van der Waals surface area contributed by atoms with Gasteiger partial charge in [-0.15, -0.1) is 0 Å². The van der Waals surface area contributed by atoms with Crippen LogP contribution in [0.4, 0.5) is 0 Å². The molecule has 4 heteroatoms. The lowest BCUT2D eigenvalue weighted by Gasteiger charge is -2.12. The van der Waals surface area contributed by atoms with Crippen LogP contribution in [0.15, 0.2) is 28.7 Å². The first-order valence-electron chi connectivity index (χ1n) is 5.01. The molecule has 1 aromatic carbocycles. The Labute approximate surface area is 87.7 Å². The molecule has 80 valence electrons. The Morgan fingerprint density at radius 2 is 2.20 bits per heavy atom. The number of aliphatic hydroxyl groups is 1. The Morgan fingerprint density at radius 3 is 2.87 bits per heavy atom. The molecule has 3 N–H and O–H groups in total. The molecule has 0 spiro atoms. The van der Waals surface area contributed by atoms with Crippen molar-refractivity contribution >= 4 is 11.1 Å². The van der Waals surface area contributed by atoms with Crippen LogP contribution in [0.5, 0.6) is 0 Å². The van der Waals surface area contributed by atoms with Gasteiger partial charge in [0.1, 0.15) is 11.6 Å². The van der Waals surface area contributed by atoms with Gasteiger partial charge in [0.2, 0.25) is 5.89 Å². The highest BCUT2D eigenvalue weighted by Crippen LogP contribution is 2.22. The summed E-state index contributed by atoms with van der Waals surface area (Å²) in [5.41, 5.74) is 7.14. The smallest absolute Gasteiger partial charge is 0.225 e. The van der Waals surface area contributed by atoms with Gasteiger partial charge in [0.05, 0.1) is 0 Å². The van der Waals surface area contributed by atoms with Crippen molar-refractivity contribution in [2.24, 2.45) is 5.73 Å². The average Bonchev–Trinajstić information content (AvgIpc) is 2.70. The van der Waals surface area contributed by atoms with E-state index in [0.717, 1.165) is 5.52 Å². The molecule has 0 aliphatic rings. The van der Waals surface area contributed by atoms with E-state index in [1.165, 1.54) is 0 Å². The molecule has 1 heterocycles. The standard InChI is InChI=1S/C11H14N2O2/c1-2-7(12)10(14)11-13-8-5-3-4-6-9(8)15-11/h3-7,10,14H,2,12H2,1H3/t7-,10-/m0/s1. The summed E-state index contributed by atoms with van der Waals surface area (Å²) in [7, 11) is 0. The highest BCUT2D eigenvalue weighted by atomic mass is 16.4. The number of fused-ring (bicyclic) bond motifs is 1. The minimum Gasteiger partial charge on any atom is -0.438 e. The van der Waals surface area contributed by atoms with E-state index in [4.69, 9.17) is 10.2 Å². The quantitative estimate of drug-likeness (QED) is 0.800. The maximum Gasteiger partial charge on any atom is 0.225 e. The van der Waals surface area contributed by atoms with Crippen molar-refractivity contribution in [2.75, 3.05) is 0 Å². The number of nitrogens with two attached hydrogens (primary N) is 1. The summed E-state index contributed by atoms with van der Waals surface area (Å²) in [6.45, 7) is 1.91. The van der Waals surface area contributed by atoms with Crippen molar-refractivity contribution in [2.45, 2.75) is 25.5 Å². The summed E-state index contributed by atoms with van der Waals surface area (Å²) < 4.78 is 5.41. The molecule has 0 aliphatic carbocycles. The molecule has 2 aromatic rings. The zero-order valence-corrected chi connectivity index (χ0v) is 8.55. The van der Waals surface area contributed by atoms with Crippen molar-refractivity contribution in [1.82, 2.24) is 4.98 Å². The predicted octanol–water partition coefficient (Wildman–Crippen LogP) is 1.60.